The molecule has 0 N–H and O–H groups in total. The van der Waals surface area contributed by atoms with Crippen LogP contribution in [0.4, 0.5) is 17.6 Å². The van der Waals surface area contributed by atoms with Crippen molar-refractivity contribution in [2.24, 2.45) is 10.9 Å². The summed E-state index contributed by atoms with van der Waals surface area (Å²) in [4.78, 5) is 16.7. The molecule has 3 aliphatic rings. The number of hydrogen-bond donors (Lipinski definition) is 0. The predicted octanol–water partition coefficient (Wildman–Crippen LogP) is 3.79. The lowest BCUT2D eigenvalue weighted by Crippen LogP contribution is -2.52. The summed E-state index contributed by atoms with van der Waals surface area (Å²) in [6, 6.07) is 4.03. The Morgan fingerprint density at radius 1 is 1.31 bits per heavy atom. The van der Waals surface area contributed by atoms with Gasteiger partial charge in [-0.05, 0) is 43.9 Å². The highest BCUT2D eigenvalue weighted by Crippen LogP contribution is 2.47. The van der Waals surface area contributed by atoms with Crippen LogP contribution in [0.2, 0.25) is 0 Å². The first-order valence-electron chi connectivity index (χ1n) is 9.18. The van der Waals surface area contributed by atoms with Gasteiger partial charge in [0, 0.05) is 11.3 Å². The minimum atomic E-state index is -4.45. The van der Waals surface area contributed by atoms with E-state index >= 15 is 0 Å². The summed E-state index contributed by atoms with van der Waals surface area (Å²) in [7, 11) is 1.17. The van der Waals surface area contributed by atoms with E-state index in [9.17, 15) is 22.4 Å². The second-order valence-corrected chi connectivity index (χ2v) is 7.32. The number of aliphatic imine (C=N–C) groups is 1. The van der Waals surface area contributed by atoms with E-state index in [0.717, 1.165) is 5.01 Å². The van der Waals surface area contributed by atoms with Crippen molar-refractivity contribution in [3.05, 3.63) is 58.8 Å². The fourth-order valence-electron chi connectivity index (χ4n) is 3.83. The molecule has 1 aliphatic carbocycles. The molecule has 0 bridgehead atoms. The van der Waals surface area contributed by atoms with Crippen LogP contribution in [0.5, 0.6) is 0 Å². The molecule has 0 amide bonds. The molecule has 0 saturated heterocycles. The number of benzene rings is 1. The number of nitrogens with zero attached hydrogens (tertiary/aromatic N) is 3. The van der Waals surface area contributed by atoms with E-state index in [0.29, 0.717) is 29.8 Å². The molecular weight excluding hydrogens is 390 g/mol. The smallest absolute Gasteiger partial charge is 0.406 e. The number of allylic oxidation sites excluding steroid dienone is 2. The van der Waals surface area contributed by atoms with Gasteiger partial charge in [0.25, 0.3) is 0 Å². The first-order chi connectivity index (χ1) is 13.7. The van der Waals surface area contributed by atoms with E-state index in [2.05, 4.69) is 4.99 Å². The molecule has 1 aromatic rings. The van der Waals surface area contributed by atoms with Crippen molar-refractivity contribution in [2.75, 3.05) is 13.7 Å². The van der Waals surface area contributed by atoms with E-state index in [1.165, 1.54) is 30.3 Å². The van der Waals surface area contributed by atoms with Crippen LogP contribution in [-0.2, 0) is 9.53 Å². The Bertz CT molecular complexity index is 947. The van der Waals surface area contributed by atoms with Gasteiger partial charge in [0.1, 0.15) is 11.9 Å². The van der Waals surface area contributed by atoms with Crippen LogP contribution in [0, 0.1) is 11.7 Å². The van der Waals surface area contributed by atoms with Crippen molar-refractivity contribution in [1.82, 2.24) is 10.0 Å². The van der Waals surface area contributed by atoms with Crippen molar-refractivity contribution >= 4 is 11.7 Å². The number of hydrazine groups is 1. The van der Waals surface area contributed by atoms with Crippen LogP contribution in [-0.4, -0.2) is 47.6 Å². The molecule has 1 saturated carbocycles. The minimum absolute atomic E-state index is 0.0451. The first-order valence-corrected chi connectivity index (χ1v) is 9.18. The van der Waals surface area contributed by atoms with Gasteiger partial charge in [-0.1, -0.05) is 12.1 Å². The molecule has 154 valence electrons. The van der Waals surface area contributed by atoms with Crippen molar-refractivity contribution in [2.45, 2.75) is 32.0 Å². The first kappa shape index (κ1) is 19.6. The highest BCUT2D eigenvalue weighted by Gasteiger charge is 2.56. The Kier molecular flexibility index (Phi) is 4.72. The van der Waals surface area contributed by atoms with Gasteiger partial charge >= 0.3 is 12.1 Å². The quantitative estimate of drug-likeness (QED) is 0.561. The van der Waals surface area contributed by atoms with Gasteiger partial charge < -0.3 is 4.74 Å². The van der Waals surface area contributed by atoms with Gasteiger partial charge in [0.2, 0.25) is 0 Å². The normalized spacial score (nSPS) is 21.0. The SMILES string of the molecule is COC(=O)C1=C2N=C(c3cccc(F)c3)C=C(C)N2N(C(C2CC2)C(F)(F)F)C1. The third-order valence-electron chi connectivity index (χ3n) is 5.23. The average molecular weight is 409 g/mol. The summed E-state index contributed by atoms with van der Waals surface area (Å²) in [6.07, 6.45) is -1.90. The van der Waals surface area contributed by atoms with E-state index in [1.807, 2.05) is 0 Å². The van der Waals surface area contributed by atoms with Crippen molar-refractivity contribution in [3.8, 4) is 0 Å². The van der Waals surface area contributed by atoms with Gasteiger partial charge in [-0.2, -0.15) is 18.2 Å². The Morgan fingerprint density at radius 3 is 2.62 bits per heavy atom. The number of rotatable bonds is 4. The zero-order valence-corrected chi connectivity index (χ0v) is 15.8. The molecule has 0 aromatic heterocycles. The number of halogens is 4. The van der Waals surface area contributed by atoms with Crippen LogP contribution in [0.3, 0.4) is 0 Å². The van der Waals surface area contributed by atoms with E-state index in [1.54, 1.807) is 19.1 Å². The number of ether oxygens (including phenoxy) is 1. The second kappa shape index (κ2) is 6.98. The molecule has 29 heavy (non-hydrogen) atoms. The molecule has 0 spiro atoms. The summed E-state index contributed by atoms with van der Waals surface area (Å²) in [5.74, 6) is -1.62. The number of esters is 1. The van der Waals surface area contributed by atoms with E-state index < -0.39 is 29.9 Å². The summed E-state index contributed by atoms with van der Waals surface area (Å²) in [5, 5.41) is 2.49. The summed E-state index contributed by atoms with van der Waals surface area (Å²) in [6.45, 7) is 1.38. The molecule has 1 unspecified atom stereocenters. The number of fused-ring (bicyclic) bond motifs is 1. The zero-order valence-electron chi connectivity index (χ0n) is 15.8. The van der Waals surface area contributed by atoms with Gasteiger partial charge in [0.05, 0.1) is 24.9 Å². The highest BCUT2D eigenvalue weighted by molar-refractivity contribution is 6.10. The Balaban J connectivity index is 1.79. The predicted molar refractivity (Wildman–Crippen MR) is 96.8 cm³/mol. The molecule has 1 atom stereocenters. The third-order valence-corrected chi connectivity index (χ3v) is 5.23. The van der Waals surface area contributed by atoms with Gasteiger partial charge in [0.15, 0.2) is 5.82 Å². The lowest BCUT2D eigenvalue weighted by atomic mass is 10.1. The van der Waals surface area contributed by atoms with Crippen molar-refractivity contribution < 1.29 is 27.1 Å². The summed E-state index contributed by atoms with van der Waals surface area (Å²) in [5.41, 5.74) is 1.34. The van der Waals surface area contributed by atoms with Crippen LogP contribution in [0.1, 0.15) is 25.3 Å². The molecule has 1 aromatic carbocycles. The van der Waals surface area contributed by atoms with Crippen LogP contribution in [0.25, 0.3) is 0 Å². The monoisotopic (exact) mass is 409 g/mol. The second-order valence-electron chi connectivity index (χ2n) is 7.32. The lowest BCUT2D eigenvalue weighted by Gasteiger charge is -2.39. The summed E-state index contributed by atoms with van der Waals surface area (Å²) < 4.78 is 60.0. The number of carbonyl (C=O) groups is 1. The third kappa shape index (κ3) is 3.55. The number of hydrogen-bond acceptors (Lipinski definition) is 5. The van der Waals surface area contributed by atoms with Crippen LogP contribution in [0.15, 0.2) is 52.4 Å². The van der Waals surface area contributed by atoms with Gasteiger partial charge in [-0.3, -0.25) is 5.01 Å². The van der Waals surface area contributed by atoms with Gasteiger partial charge in [-0.25, -0.2) is 14.2 Å². The molecule has 9 heteroatoms. The maximum Gasteiger partial charge on any atom is 0.406 e. The fraction of sp³-hybridized carbons (Fsp3) is 0.400. The largest absolute Gasteiger partial charge is 0.466 e. The average Bonchev–Trinajstić information content (AvgIpc) is 3.40. The van der Waals surface area contributed by atoms with E-state index in [4.69, 9.17) is 4.74 Å². The summed E-state index contributed by atoms with van der Waals surface area (Å²) >= 11 is 0. The topological polar surface area (TPSA) is 45.1 Å². The number of methoxy groups -OCH3 is 1. The fourth-order valence-corrected chi connectivity index (χ4v) is 3.83. The molecular formula is C20H19F4N3O2. The maximum absolute atomic E-state index is 13.8. The standard InChI is InChI=1S/C20H19F4N3O2/c1-11-8-16(13-4-3-5-14(21)9-13)25-18-15(19(28)29-2)10-26(27(11)18)17(12-6-7-12)20(22,23)24/h3-5,8-9,12,17H,6-7,10H2,1-2H3. The van der Waals surface area contributed by atoms with Gasteiger partial charge in [-0.15, -0.1) is 0 Å². The zero-order chi connectivity index (χ0) is 20.9. The van der Waals surface area contributed by atoms with Crippen molar-refractivity contribution in [1.29, 1.82) is 0 Å². The van der Waals surface area contributed by atoms with Crippen LogP contribution >= 0.6 is 0 Å². The van der Waals surface area contributed by atoms with Crippen molar-refractivity contribution in [3.63, 3.8) is 0 Å². The molecule has 2 aliphatic heterocycles. The minimum Gasteiger partial charge on any atom is -0.466 e. The Morgan fingerprint density at radius 2 is 2.03 bits per heavy atom. The maximum atomic E-state index is 13.8. The van der Waals surface area contributed by atoms with E-state index in [-0.39, 0.29) is 17.9 Å². The molecule has 5 nitrogen and oxygen atoms in total. The number of alkyl halides is 3. The Labute approximate surface area is 164 Å². The molecule has 1 fully saturated rings. The molecule has 4 rings (SSSR count). The number of carbonyl (C=O) groups excluding carboxylic acids is 1. The van der Waals surface area contributed by atoms with Crippen LogP contribution < -0.4 is 0 Å². The Hall–Kier alpha value is -2.68. The molecule has 2 heterocycles. The molecule has 0 radical (unpaired) electrons. The lowest BCUT2D eigenvalue weighted by molar-refractivity contribution is -0.212. The highest BCUT2D eigenvalue weighted by atomic mass is 19.4.